The monoisotopic (exact) mass is 259 g/mol. The number of carboxylic acid groups (broad SMARTS) is 1. The summed E-state index contributed by atoms with van der Waals surface area (Å²) in [6.07, 6.45) is -3.02. The second kappa shape index (κ2) is 5.12. The van der Waals surface area contributed by atoms with Crippen molar-refractivity contribution < 1.29 is 23.1 Å². The summed E-state index contributed by atoms with van der Waals surface area (Å²) in [5, 5.41) is 8.95. The van der Waals surface area contributed by atoms with Crippen molar-refractivity contribution in [2.45, 2.75) is 6.18 Å². The Morgan fingerprint density at radius 3 is 2.56 bits per heavy atom. The average Bonchev–Trinajstić information content (AvgIpc) is 2.27. The fourth-order valence-electron chi connectivity index (χ4n) is 1.51. The number of benzene rings is 1. The highest BCUT2D eigenvalue weighted by atomic mass is 19.4. The zero-order chi connectivity index (χ0) is 13.9. The fourth-order valence-corrected chi connectivity index (χ4v) is 1.51. The molecule has 18 heavy (non-hydrogen) atoms. The SMILES string of the molecule is C=CCN(C)c1ccc(C(F)(F)F)cc1C(=O)O. The smallest absolute Gasteiger partial charge is 0.416 e. The molecule has 1 rings (SSSR count). The molecule has 0 fully saturated rings. The first-order valence-electron chi connectivity index (χ1n) is 5.04. The Kier molecular flexibility index (Phi) is 4.00. The predicted octanol–water partition coefficient (Wildman–Crippen LogP) is 3.03. The lowest BCUT2D eigenvalue weighted by atomic mass is 10.1. The van der Waals surface area contributed by atoms with Crippen LogP contribution in [0.3, 0.4) is 0 Å². The normalized spacial score (nSPS) is 11.1. The van der Waals surface area contributed by atoms with Crippen LogP contribution in [0.15, 0.2) is 30.9 Å². The number of anilines is 1. The van der Waals surface area contributed by atoms with Crippen LogP contribution < -0.4 is 4.90 Å². The molecule has 0 atom stereocenters. The van der Waals surface area contributed by atoms with E-state index in [1.54, 1.807) is 7.05 Å². The lowest BCUT2D eigenvalue weighted by Crippen LogP contribution is -2.20. The van der Waals surface area contributed by atoms with E-state index in [1.165, 1.54) is 11.0 Å². The molecule has 0 bridgehead atoms. The molecule has 0 aliphatic rings. The van der Waals surface area contributed by atoms with Crippen molar-refractivity contribution in [3.63, 3.8) is 0 Å². The average molecular weight is 259 g/mol. The highest BCUT2D eigenvalue weighted by molar-refractivity contribution is 5.94. The Balaban J connectivity index is 3.29. The minimum absolute atomic E-state index is 0.218. The molecule has 1 aromatic rings. The van der Waals surface area contributed by atoms with E-state index in [1.807, 2.05) is 0 Å². The van der Waals surface area contributed by atoms with E-state index in [0.717, 1.165) is 12.1 Å². The van der Waals surface area contributed by atoms with Gasteiger partial charge in [-0.15, -0.1) is 6.58 Å². The third-order valence-corrected chi connectivity index (χ3v) is 2.37. The van der Waals surface area contributed by atoms with Crippen molar-refractivity contribution in [1.29, 1.82) is 0 Å². The molecule has 6 heteroatoms. The van der Waals surface area contributed by atoms with E-state index < -0.39 is 17.7 Å². The molecular weight excluding hydrogens is 247 g/mol. The van der Waals surface area contributed by atoms with Gasteiger partial charge in [0.05, 0.1) is 16.8 Å². The number of hydrogen-bond acceptors (Lipinski definition) is 2. The summed E-state index contributed by atoms with van der Waals surface area (Å²) in [5.74, 6) is -1.40. The quantitative estimate of drug-likeness (QED) is 0.845. The number of carboxylic acids is 1. The summed E-state index contributed by atoms with van der Waals surface area (Å²) in [5.41, 5.74) is -1.14. The van der Waals surface area contributed by atoms with E-state index in [-0.39, 0.29) is 11.3 Å². The van der Waals surface area contributed by atoms with Gasteiger partial charge in [0.15, 0.2) is 0 Å². The minimum Gasteiger partial charge on any atom is -0.478 e. The Morgan fingerprint density at radius 2 is 2.11 bits per heavy atom. The molecule has 3 nitrogen and oxygen atoms in total. The largest absolute Gasteiger partial charge is 0.478 e. The fraction of sp³-hybridized carbons (Fsp3) is 0.250. The van der Waals surface area contributed by atoms with Gasteiger partial charge in [-0.2, -0.15) is 13.2 Å². The van der Waals surface area contributed by atoms with E-state index in [9.17, 15) is 18.0 Å². The first-order valence-corrected chi connectivity index (χ1v) is 5.04. The maximum atomic E-state index is 12.5. The molecule has 0 unspecified atom stereocenters. The van der Waals surface area contributed by atoms with Crippen molar-refractivity contribution in [3.8, 4) is 0 Å². The number of aromatic carboxylic acids is 1. The summed E-state index contributed by atoms with van der Waals surface area (Å²) in [7, 11) is 1.58. The van der Waals surface area contributed by atoms with Gasteiger partial charge in [0.2, 0.25) is 0 Å². The summed E-state index contributed by atoms with van der Waals surface area (Å²) < 4.78 is 37.5. The lowest BCUT2D eigenvalue weighted by Gasteiger charge is -2.20. The lowest BCUT2D eigenvalue weighted by molar-refractivity contribution is -0.137. The van der Waals surface area contributed by atoms with Crippen molar-refractivity contribution in [2.24, 2.45) is 0 Å². The Morgan fingerprint density at radius 1 is 1.50 bits per heavy atom. The van der Waals surface area contributed by atoms with Gasteiger partial charge >= 0.3 is 12.1 Å². The summed E-state index contributed by atoms with van der Waals surface area (Å²) in [6.45, 7) is 3.83. The number of carbonyl (C=O) groups is 1. The van der Waals surface area contributed by atoms with Crippen molar-refractivity contribution in [3.05, 3.63) is 42.0 Å². The summed E-state index contributed by atoms with van der Waals surface area (Å²) in [4.78, 5) is 12.5. The zero-order valence-electron chi connectivity index (χ0n) is 9.66. The standard InChI is InChI=1S/C12H12F3NO2/c1-3-6-16(2)10-5-4-8(12(13,14)15)7-9(10)11(17)18/h3-5,7H,1,6H2,2H3,(H,17,18). The van der Waals surface area contributed by atoms with Crippen molar-refractivity contribution in [1.82, 2.24) is 0 Å². The number of hydrogen-bond donors (Lipinski definition) is 1. The number of nitrogens with zero attached hydrogens (tertiary/aromatic N) is 1. The Hall–Kier alpha value is -1.98. The molecular formula is C12H12F3NO2. The van der Waals surface area contributed by atoms with Crippen LogP contribution in [0.25, 0.3) is 0 Å². The number of rotatable bonds is 4. The van der Waals surface area contributed by atoms with Crippen LogP contribution in [0.1, 0.15) is 15.9 Å². The molecule has 1 N–H and O–H groups in total. The van der Waals surface area contributed by atoms with E-state index in [4.69, 9.17) is 5.11 Å². The molecule has 0 heterocycles. The maximum absolute atomic E-state index is 12.5. The van der Waals surface area contributed by atoms with Crippen molar-refractivity contribution in [2.75, 3.05) is 18.5 Å². The van der Waals surface area contributed by atoms with Crippen LogP contribution in [0.4, 0.5) is 18.9 Å². The molecule has 0 amide bonds. The molecule has 98 valence electrons. The van der Waals surface area contributed by atoms with Crippen LogP contribution in [0, 0.1) is 0 Å². The van der Waals surface area contributed by atoms with Gasteiger partial charge in [0.1, 0.15) is 0 Å². The van der Waals surface area contributed by atoms with Gasteiger partial charge < -0.3 is 10.0 Å². The third kappa shape index (κ3) is 3.03. The van der Waals surface area contributed by atoms with Crippen LogP contribution >= 0.6 is 0 Å². The second-order valence-electron chi connectivity index (χ2n) is 3.70. The maximum Gasteiger partial charge on any atom is 0.416 e. The van der Waals surface area contributed by atoms with Crippen LogP contribution in [0.5, 0.6) is 0 Å². The highest BCUT2D eigenvalue weighted by Crippen LogP contribution is 2.32. The topological polar surface area (TPSA) is 40.5 Å². The molecule has 0 aliphatic carbocycles. The second-order valence-corrected chi connectivity index (χ2v) is 3.70. The Labute approximate surface area is 102 Å². The number of halogens is 3. The molecule has 1 aromatic carbocycles. The first-order chi connectivity index (χ1) is 8.27. The van der Waals surface area contributed by atoms with Gasteiger partial charge in [0, 0.05) is 13.6 Å². The Bertz CT molecular complexity index is 469. The first kappa shape index (κ1) is 14.1. The summed E-state index contributed by atoms with van der Waals surface area (Å²) in [6, 6.07) is 2.65. The number of alkyl halides is 3. The van der Waals surface area contributed by atoms with Gasteiger partial charge in [-0.1, -0.05) is 6.08 Å². The van der Waals surface area contributed by atoms with Gasteiger partial charge in [-0.25, -0.2) is 4.79 Å². The number of likely N-dealkylation sites (N-methyl/N-ethyl adjacent to an activating group) is 1. The van der Waals surface area contributed by atoms with Crippen LogP contribution in [-0.2, 0) is 6.18 Å². The summed E-state index contributed by atoms with van der Waals surface area (Å²) >= 11 is 0. The van der Waals surface area contributed by atoms with E-state index in [2.05, 4.69) is 6.58 Å². The molecule has 0 spiro atoms. The zero-order valence-corrected chi connectivity index (χ0v) is 9.66. The third-order valence-electron chi connectivity index (χ3n) is 2.37. The molecule has 0 saturated carbocycles. The molecule has 0 aromatic heterocycles. The van der Waals surface area contributed by atoms with Crippen molar-refractivity contribution >= 4 is 11.7 Å². The molecule has 0 radical (unpaired) electrons. The minimum atomic E-state index is -4.56. The molecule has 0 saturated heterocycles. The predicted molar refractivity (Wildman–Crippen MR) is 61.9 cm³/mol. The van der Waals surface area contributed by atoms with Crippen LogP contribution in [0.2, 0.25) is 0 Å². The van der Waals surface area contributed by atoms with E-state index in [0.29, 0.717) is 12.6 Å². The molecule has 0 aliphatic heterocycles. The highest BCUT2D eigenvalue weighted by Gasteiger charge is 2.32. The van der Waals surface area contributed by atoms with Gasteiger partial charge in [-0.3, -0.25) is 0 Å². The van der Waals surface area contributed by atoms with Gasteiger partial charge in [-0.05, 0) is 18.2 Å². The van der Waals surface area contributed by atoms with Gasteiger partial charge in [0.25, 0.3) is 0 Å². The van der Waals surface area contributed by atoms with E-state index >= 15 is 0 Å². The van der Waals surface area contributed by atoms with Crippen LogP contribution in [-0.4, -0.2) is 24.7 Å².